The first kappa shape index (κ1) is 20.9. The summed E-state index contributed by atoms with van der Waals surface area (Å²) >= 11 is 0.984. The third-order valence-corrected chi connectivity index (χ3v) is 6.64. The van der Waals surface area contributed by atoms with E-state index in [1.54, 1.807) is 6.26 Å². The molecule has 1 saturated heterocycles. The molecule has 158 valence electrons. The second-order valence-corrected chi connectivity index (χ2v) is 9.11. The Hall–Kier alpha value is -2.38. The van der Waals surface area contributed by atoms with Gasteiger partial charge in [-0.1, -0.05) is 36.3 Å². The van der Waals surface area contributed by atoms with Gasteiger partial charge in [-0.3, -0.25) is 14.9 Å². The molecule has 0 bridgehead atoms. The lowest BCUT2D eigenvalue weighted by molar-refractivity contribution is -0.115. The minimum atomic E-state index is -0.292. The van der Waals surface area contributed by atoms with Gasteiger partial charge in [-0.05, 0) is 68.3 Å². The maximum atomic E-state index is 11.8. The zero-order valence-corrected chi connectivity index (χ0v) is 18.0. The molecule has 3 atom stereocenters. The number of allylic oxidation sites excluding steroid dienone is 1. The molecule has 1 N–H and O–H groups in total. The highest BCUT2D eigenvalue weighted by atomic mass is 32.2. The number of hydrogen-bond donors (Lipinski definition) is 1. The molecule has 2 amide bonds. The number of amides is 2. The second-order valence-electron chi connectivity index (χ2n) is 8.09. The summed E-state index contributed by atoms with van der Waals surface area (Å²) in [5, 5.41) is 2.02. The van der Waals surface area contributed by atoms with Crippen LogP contribution >= 0.6 is 11.8 Å². The smallest absolute Gasteiger partial charge is 0.290 e. The van der Waals surface area contributed by atoms with Gasteiger partial charge in [0.05, 0.1) is 11.0 Å². The molecule has 1 unspecified atom stereocenters. The fourth-order valence-electron chi connectivity index (χ4n) is 4.20. The Labute approximate surface area is 180 Å². The number of imide groups is 1. The highest BCUT2D eigenvalue weighted by molar-refractivity contribution is 8.18. The Morgan fingerprint density at radius 1 is 1.33 bits per heavy atom. The maximum Gasteiger partial charge on any atom is 0.290 e. The predicted molar refractivity (Wildman–Crippen MR) is 115 cm³/mol. The van der Waals surface area contributed by atoms with Gasteiger partial charge in [0.25, 0.3) is 11.1 Å². The van der Waals surface area contributed by atoms with Crippen LogP contribution in [0.5, 0.6) is 0 Å². The van der Waals surface area contributed by atoms with Crippen molar-refractivity contribution >= 4 is 22.9 Å². The van der Waals surface area contributed by atoms with Gasteiger partial charge < -0.3 is 9.15 Å². The Kier molecular flexibility index (Phi) is 6.39. The van der Waals surface area contributed by atoms with E-state index in [1.165, 1.54) is 17.5 Å². The van der Waals surface area contributed by atoms with Crippen molar-refractivity contribution in [3.05, 3.63) is 64.2 Å². The number of rotatable bonds is 6. The molecule has 6 nitrogen and oxygen atoms in total. The molecule has 7 heteroatoms. The third-order valence-electron chi connectivity index (χ3n) is 5.78. The molecule has 1 aliphatic carbocycles. The van der Waals surface area contributed by atoms with Gasteiger partial charge in [0.2, 0.25) is 0 Å². The Bertz CT molecular complexity index is 954. The zero-order valence-electron chi connectivity index (χ0n) is 17.2. The van der Waals surface area contributed by atoms with Crippen LogP contribution in [0.4, 0.5) is 4.79 Å². The van der Waals surface area contributed by atoms with E-state index in [4.69, 9.17) is 9.15 Å². The van der Waals surface area contributed by atoms with E-state index in [-0.39, 0.29) is 23.4 Å². The first-order chi connectivity index (χ1) is 14.5. The molecule has 4 rings (SSSR count). The van der Waals surface area contributed by atoms with Crippen LogP contribution in [0, 0.1) is 19.8 Å². The first-order valence-corrected chi connectivity index (χ1v) is 11.1. The van der Waals surface area contributed by atoms with Crippen LogP contribution in [-0.4, -0.2) is 22.2 Å². The minimum Gasteiger partial charge on any atom is -0.451 e. The average Bonchev–Trinajstić information content (AvgIpc) is 3.36. The van der Waals surface area contributed by atoms with Crippen LogP contribution in [0.2, 0.25) is 0 Å². The van der Waals surface area contributed by atoms with Crippen molar-refractivity contribution in [3.63, 3.8) is 0 Å². The fraction of sp³-hybridized carbons (Fsp3) is 0.435. The standard InChI is InChI=1S/C23H26N2O4S/c1-14-6-7-15(2)18(10-14)21(19-12-28-13-24-19)29-17-5-3-4-16(11-17)8-9-20-22(26)25-23(27)30-20/h6-7,9-10,12-13,16-17,21H,3-5,8,11H2,1-2H3,(H,25,26,27)/b20-9-/t16-,17-,21?/m1/s1. The van der Waals surface area contributed by atoms with Crippen molar-refractivity contribution < 1.29 is 18.7 Å². The zero-order chi connectivity index (χ0) is 21.1. The number of nitrogens with one attached hydrogen (secondary N) is 1. The quantitative estimate of drug-likeness (QED) is 0.638. The van der Waals surface area contributed by atoms with Crippen molar-refractivity contribution in [3.8, 4) is 0 Å². The summed E-state index contributed by atoms with van der Waals surface area (Å²) in [4.78, 5) is 28.0. The Morgan fingerprint density at radius 3 is 2.93 bits per heavy atom. The summed E-state index contributed by atoms with van der Waals surface area (Å²) in [6.07, 6.45) is 9.72. The Morgan fingerprint density at radius 2 is 2.20 bits per heavy atom. The van der Waals surface area contributed by atoms with Gasteiger partial charge in [0, 0.05) is 0 Å². The topological polar surface area (TPSA) is 81.4 Å². The molecule has 2 aliphatic rings. The lowest BCUT2D eigenvalue weighted by Crippen LogP contribution is -2.25. The third kappa shape index (κ3) is 4.84. The number of carbonyl (C=O) groups is 2. The molecule has 1 aromatic heterocycles. The number of aryl methyl sites for hydroxylation is 2. The van der Waals surface area contributed by atoms with E-state index >= 15 is 0 Å². The fourth-order valence-corrected chi connectivity index (χ4v) is 4.87. The number of aromatic nitrogens is 1. The first-order valence-electron chi connectivity index (χ1n) is 10.3. The predicted octanol–water partition coefficient (Wildman–Crippen LogP) is 5.21. The summed E-state index contributed by atoms with van der Waals surface area (Å²) in [6.45, 7) is 4.17. The molecule has 2 fully saturated rings. The summed E-state index contributed by atoms with van der Waals surface area (Å²) in [5.41, 5.74) is 4.25. The molecule has 30 heavy (non-hydrogen) atoms. The van der Waals surface area contributed by atoms with Crippen molar-refractivity contribution in [2.24, 2.45) is 5.92 Å². The minimum absolute atomic E-state index is 0.107. The van der Waals surface area contributed by atoms with Crippen LogP contribution in [0.3, 0.4) is 0 Å². The number of hydrogen-bond acceptors (Lipinski definition) is 6. The molecule has 0 spiro atoms. The maximum absolute atomic E-state index is 11.8. The monoisotopic (exact) mass is 426 g/mol. The van der Waals surface area contributed by atoms with Gasteiger partial charge in [0.1, 0.15) is 18.1 Å². The average molecular weight is 427 g/mol. The number of oxazole rings is 1. The number of ether oxygens (including phenoxy) is 1. The summed E-state index contributed by atoms with van der Waals surface area (Å²) in [5.74, 6) is 0.145. The van der Waals surface area contributed by atoms with Crippen LogP contribution < -0.4 is 5.32 Å². The van der Waals surface area contributed by atoms with Crippen molar-refractivity contribution in [2.75, 3.05) is 0 Å². The highest BCUT2D eigenvalue weighted by Crippen LogP contribution is 2.36. The van der Waals surface area contributed by atoms with E-state index in [9.17, 15) is 9.59 Å². The lowest BCUT2D eigenvalue weighted by Gasteiger charge is -2.32. The van der Waals surface area contributed by atoms with E-state index in [0.717, 1.165) is 55.1 Å². The molecule has 1 aromatic carbocycles. The van der Waals surface area contributed by atoms with Gasteiger partial charge in [-0.25, -0.2) is 4.98 Å². The van der Waals surface area contributed by atoms with Gasteiger partial charge in [-0.15, -0.1) is 0 Å². The van der Waals surface area contributed by atoms with Crippen LogP contribution in [-0.2, 0) is 9.53 Å². The normalized spacial score (nSPS) is 24.3. The number of carbonyl (C=O) groups excluding carboxylic acids is 2. The van der Waals surface area contributed by atoms with Gasteiger partial charge in [0.15, 0.2) is 6.39 Å². The van der Waals surface area contributed by atoms with E-state index in [1.807, 2.05) is 6.08 Å². The van der Waals surface area contributed by atoms with Gasteiger partial charge >= 0.3 is 0 Å². The van der Waals surface area contributed by atoms with E-state index < -0.39 is 0 Å². The van der Waals surface area contributed by atoms with Crippen molar-refractivity contribution in [2.45, 2.75) is 58.2 Å². The van der Waals surface area contributed by atoms with E-state index in [2.05, 4.69) is 42.3 Å². The summed E-state index contributed by atoms with van der Waals surface area (Å²) < 4.78 is 11.9. The van der Waals surface area contributed by atoms with Crippen molar-refractivity contribution in [1.82, 2.24) is 10.3 Å². The highest BCUT2D eigenvalue weighted by Gasteiger charge is 2.29. The molecule has 1 saturated carbocycles. The molecule has 2 heterocycles. The largest absolute Gasteiger partial charge is 0.451 e. The van der Waals surface area contributed by atoms with E-state index in [0.29, 0.717) is 10.8 Å². The van der Waals surface area contributed by atoms with Crippen LogP contribution in [0.15, 0.2) is 46.3 Å². The number of thioether (sulfide) groups is 1. The van der Waals surface area contributed by atoms with Crippen LogP contribution in [0.25, 0.3) is 0 Å². The summed E-state index contributed by atoms with van der Waals surface area (Å²) in [7, 11) is 0. The number of nitrogens with zero attached hydrogens (tertiary/aromatic N) is 1. The molecule has 0 radical (unpaired) electrons. The summed E-state index contributed by atoms with van der Waals surface area (Å²) in [6, 6.07) is 6.37. The molecule has 2 aromatic rings. The Balaban J connectivity index is 1.47. The molecular weight excluding hydrogens is 400 g/mol. The lowest BCUT2D eigenvalue weighted by atomic mass is 9.84. The molecular formula is C23H26N2O4S. The SMILES string of the molecule is Cc1ccc(C)c(C(O[C@@H]2CCC[C@H](C/C=C3\SC(=O)NC3=O)C2)c2cocn2)c1. The van der Waals surface area contributed by atoms with Gasteiger partial charge in [-0.2, -0.15) is 0 Å². The van der Waals surface area contributed by atoms with Crippen LogP contribution in [0.1, 0.15) is 60.6 Å². The number of benzene rings is 1. The van der Waals surface area contributed by atoms with Crippen molar-refractivity contribution in [1.29, 1.82) is 0 Å². The molecule has 1 aliphatic heterocycles. The second kappa shape index (κ2) is 9.18.